The highest BCUT2D eigenvalue weighted by molar-refractivity contribution is 7.90. The Morgan fingerprint density at radius 1 is 0.897 bits per heavy atom. The molecule has 0 amide bonds. The van der Waals surface area contributed by atoms with Crippen molar-refractivity contribution in [3.05, 3.63) is 83.9 Å². The van der Waals surface area contributed by atoms with E-state index in [1.54, 1.807) is 42.5 Å². The zero-order valence-corrected chi connectivity index (χ0v) is 16.0. The van der Waals surface area contributed by atoms with Crippen molar-refractivity contribution in [2.75, 3.05) is 0 Å². The van der Waals surface area contributed by atoms with Gasteiger partial charge in [0.15, 0.2) is 5.82 Å². The van der Waals surface area contributed by atoms with Crippen LogP contribution in [0.3, 0.4) is 0 Å². The topological polar surface area (TPSA) is 52.0 Å². The molecule has 3 aromatic carbocycles. The third-order valence-electron chi connectivity index (χ3n) is 4.53. The second-order valence-corrected chi connectivity index (χ2v) is 8.37. The molecule has 4 rings (SSSR count). The van der Waals surface area contributed by atoms with Gasteiger partial charge >= 0.3 is 6.18 Å². The summed E-state index contributed by atoms with van der Waals surface area (Å²) >= 11 is 0. The van der Waals surface area contributed by atoms with Crippen molar-refractivity contribution >= 4 is 21.1 Å². The summed E-state index contributed by atoms with van der Waals surface area (Å²) in [7, 11) is -4.19. The van der Waals surface area contributed by atoms with Crippen molar-refractivity contribution in [3.8, 4) is 11.4 Å². The Balaban J connectivity index is 2.07. The van der Waals surface area contributed by atoms with Gasteiger partial charge in [0.05, 0.1) is 21.5 Å². The molecule has 0 saturated carbocycles. The molecule has 0 spiro atoms. The molecular formula is C21H15F3N2O2S. The van der Waals surface area contributed by atoms with E-state index in [4.69, 9.17) is 0 Å². The van der Waals surface area contributed by atoms with E-state index in [0.717, 1.165) is 21.7 Å². The number of benzene rings is 3. The summed E-state index contributed by atoms with van der Waals surface area (Å²) in [5.41, 5.74) is 0.437. The van der Waals surface area contributed by atoms with Crippen LogP contribution in [0.25, 0.3) is 22.4 Å². The first kappa shape index (κ1) is 19.2. The van der Waals surface area contributed by atoms with Gasteiger partial charge in [-0.1, -0.05) is 48.0 Å². The smallest absolute Gasteiger partial charge is 0.227 e. The maximum absolute atomic E-state index is 13.4. The molecule has 8 heteroatoms. The summed E-state index contributed by atoms with van der Waals surface area (Å²) in [6.07, 6.45) is -4.61. The largest absolute Gasteiger partial charge is 0.416 e. The number of halogens is 3. The van der Waals surface area contributed by atoms with Gasteiger partial charge in [0.2, 0.25) is 0 Å². The van der Waals surface area contributed by atoms with Crippen LogP contribution >= 0.6 is 0 Å². The molecule has 0 N–H and O–H groups in total. The number of alkyl halides is 3. The van der Waals surface area contributed by atoms with Crippen molar-refractivity contribution in [2.45, 2.75) is 18.0 Å². The molecule has 0 aliphatic heterocycles. The fraction of sp³-hybridized carbons (Fsp3) is 0.0952. The summed E-state index contributed by atoms with van der Waals surface area (Å²) in [6, 6.07) is 17.5. The van der Waals surface area contributed by atoms with E-state index in [9.17, 15) is 21.6 Å². The first-order chi connectivity index (χ1) is 13.7. The van der Waals surface area contributed by atoms with Crippen LogP contribution in [0.1, 0.15) is 11.1 Å². The molecule has 148 valence electrons. The number of rotatable bonds is 3. The van der Waals surface area contributed by atoms with Gasteiger partial charge in [-0.3, -0.25) is 0 Å². The maximum atomic E-state index is 13.4. The summed E-state index contributed by atoms with van der Waals surface area (Å²) in [5.74, 6) is 0.0560. The Labute approximate surface area is 165 Å². The van der Waals surface area contributed by atoms with Gasteiger partial charge in [-0.15, -0.1) is 0 Å². The Morgan fingerprint density at radius 3 is 2.17 bits per heavy atom. The molecule has 4 aromatic rings. The molecule has 29 heavy (non-hydrogen) atoms. The molecule has 0 atom stereocenters. The Bertz CT molecular complexity index is 1290. The number of imidazole rings is 1. The van der Waals surface area contributed by atoms with Crippen LogP contribution < -0.4 is 0 Å². The Morgan fingerprint density at radius 2 is 1.55 bits per heavy atom. The lowest BCUT2D eigenvalue weighted by molar-refractivity contribution is -0.137. The predicted molar refractivity (Wildman–Crippen MR) is 104 cm³/mol. The number of hydrogen-bond donors (Lipinski definition) is 0. The second kappa shape index (κ2) is 6.73. The molecule has 0 radical (unpaired) electrons. The van der Waals surface area contributed by atoms with E-state index in [1.165, 1.54) is 18.2 Å². The molecule has 0 unspecified atom stereocenters. The highest BCUT2D eigenvalue weighted by Gasteiger charge is 2.32. The fourth-order valence-corrected chi connectivity index (χ4v) is 4.53. The van der Waals surface area contributed by atoms with Gasteiger partial charge in [0.1, 0.15) is 0 Å². The van der Waals surface area contributed by atoms with Crippen molar-refractivity contribution in [3.63, 3.8) is 0 Å². The van der Waals surface area contributed by atoms with Gasteiger partial charge < -0.3 is 0 Å². The first-order valence-electron chi connectivity index (χ1n) is 8.65. The fourth-order valence-electron chi connectivity index (χ4n) is 3.06. The minimum Gasteiger partial charge on any atom is -0.227 e. The van der Waals surface area contributed by atoms with Crippen LogP contribution in [0.4, 0.5) is 13.2 Å². The number of nitrogens with zero attached hydrogens (tertiary/aromatic N) is 2. The lowest BCUT2D eigenvalue weighted by atomic mass is 10.2. The quantitative estimate of drug-likeness (QED) is 0.457. The van der Waals surface area contributed by atoms with Crippen molar-refractivity contribution in [1.29, 1.82) is 0 Å². The minimum atomic E-state index is -4.61. The van der Waals surface area contributed by atoms with Crippen LogP contribution in [-0.2, 0) is 16.2 Å². The first-order valence-corrected chi connectivity index (χ1v) is 10.1. The Hall–Kier alpha value is -3.13. The third kappa shape index (κ3) is 3.40. The standard InChI is InChI=1S/C21H15F3N2O2S/c1-14-7-10-17(11-8-14)29(27,28)26-19-13-16(21(22,23)24)9-12-18(19)25-20(26)15-5-3-2-4-6-15/h2-13H,1H3. The Kier molecular flexibility index (Phi) is 4.46. The molecule has 1 heterocycles. The lowest BCUT2D eigenvalue weighted by Gasteiger charge is -2.12. The molecule has 0 aliphatic rings. The van der Waals surface area contributed by atoms with E-state index in [1.807, 2.05) is 6.92 Å². The number of aromatic nitrogens is 2. The summed E-state index contributed by atoms with van der Waals surface area (Å²) in [6.45, 7) is 1.81. The monoisotopic (exact) mass is 416 g/mol. The molecule has 0 bridgehead atoms. The zero-order chi connectivity index (χ0) is 20.8. The van der Waals surface area contributed by atoms with Crippen LogP contribution in [0.15, 0.2) is 77.7 Å². The van der Waals surface area contributed by atoms with Crippen molar-refractivity contribution in [2.24, 2.45) is 0 Å². The third-order valence-corrected chi connectivity index (χ3v) is 6.25. The number of aryl methyl sites for hydroxylation is 1. The second-order valence-electron chi connectivity index (χ2n) is 6.59. The van der Waals surface area contributed by atoms with Crippen LogP contribution in [-0.4, -0.2) is 17.4 Å². The normalized spacial score (nSPS) is 12.4. The lowest BCUT2D eigenvalue weighted by Crippen LogP contribution is -2.15. The average molecular weight is 416 g/mol. The van der Waals surface area contributed by atoms with E-state index in [2.05, 4.69) is 4.98 Å². The number of fused-ring (bicyclic) bond motifs is 1. The number of hydrogen-bond acceptors (Lipinski definition) is 3. The van der Waals surface area contributed by atoms with Gasteiger partial charge in [0, 0.05) is 5.56 Å². The SMILES string of the molecule is Cc1ccc(S(=O)(=O)n2c(-c3ccccc3)nc3ccc(C(F)(F)F)cc32)cc1. The predicted octanol–water partition coefficient (Wildman–Crippen LogP) is 5.27. The van der Waals surface area contributed by atoms with Crippen molar-refractivity contribution < 1.29 is 21.6 Å². The van der Waals surface area contributed by atoms with Crippen LogP contribution in [0.2, 0.25) is 0 Å². The van der Waals surface area contributed by atoms with Gasteiger partial charge in [-0.2, -0.15) is 13.2 Å². The molecule has 0 fully saturated rings. The van der Waals surface area contributed by atoms with Crippen molar-refractivity contribution in [1.82, 2.24) is 8.96 Å². The molecule has 0 aliphatic carbocycles. The summed E-state index contributed by atoms with van der Waals surface area (Å²) < 4.78 is 67.5. The molecule has 1 aromatic heterocycles. The van der Waals surface area contributed by atoms with E-state index in [0.29, 0.717) is 5.56 Å². The average Bonchev–Trinajstić information content (AvgIpc) is 3.08. The van der Waals surface area contributed by atoms with Gasteiger partial charge in [-0.25, -0.2) is 17.4 Å². The molecule has 4 nitrogen and oxygen atoms in total. The van der Waals surface area contributed by atoms with Gasteiger partial charge in [0.25, 0.3) is 10.0 Å². The zero-order valence-electron chi connectivity index (χ0n) is 15.2. The van der Waals surface area contributed by atoms with Gasteiger partial charge in [-0.05, 0) is 37.3 Å². The van der Waals surface area contributed by atoms with Crippen LogP contribution in [0.5, 0.6) is 0 Å². The van der Waals surface area contributed by atoms with Crippen LogP contribution in [0, 0.1) is 6.92 Å². The molecule has 0 saturated heterocycles. The highest BCUT2D eigenvalue weighted by atomic mass is 32.2. The van der Waals surface area contributed by atoms with E-state index >= 15 is 0 Å². The van der Waals surface area contributed by atoms with E-state index < -0.39 is 21.8 Å². The minimum absolute atomic E-state index is 0.0306. The summed E-state index contributed by atoms with van der Waals surface area (Å²) in [5, 5.41) is 0. The molecular weight excluding hydrogens is 401 g/mol. The highest BCUT2D eigenvalue weighted by Crippen LogP contribution is 2.35. The maximum Gasteiger partial charge on any atom is 0.416 e. The summed E-state index contributed by atoms with van der Waals surface area (Å²) in [4.78, 5) is 4.30. The van der Waals surface area contributed by atoms with E-state index in [-0.39, 0.29) is 21.8 Å².